The highest BCUT2D eigenvalue weighted by Crippen LogP contribution is 2.36. The summed E-state index contributed by atoms with van der Waals surface area (Å²) >= 11 is 2.95. The molecule has 1 fully saturated rings. The lowest BCUT2D eigenvalue weighted by atomic mass is 9.77. The number of nitrogens with one attached hydrogen (secondary N) is 1. The Morgan fingerprint density at radius 3 is 1.20 bits per heavy atom. The maximum absolute atomic E-state index is 12.8. The minimum absolute atomic E-state index is 0.0743. The number of carboxylic acid groups (broad SMARTS) is 2. The Kier molecular flexibility index (Phi) is 27.5. The number of fused-ring (bicyclic) bond motifs is 5. The number of hydrogen-bond donors (Lipinski definition) is 3. The number of carboxylic acids is 2. The third-order valence-corrected chi connectivity index (χ3v) is 19.4. The number of nitrogens with zero attached hydrogens (tertiary/aromatic N) is 9. The van der Waals surface area contributed by atoms with Crippen molar-refractivity contribution in [2.75, 3.05) is 0 Å². The molecular weight excluding hydrogens is 1560 g/mol. The molecule has 16 rings (SSSR count). The highest BCUT2D eigenvalue weighted by atomic mass is 79.9. The van der Waals surface area contributed by atoms with Gasteiger partial charge in [-0.2, -0.15) is 65.0 Å². The van der Waals surface area contributed by atoms with Gasteiger partial charge in [-0.15, -0.1) is 0 Å². The molecule has 5 heterocycles. The highest BCUT2D eigenvalue weighted by molar-refractivity contribution is 9.10. The number of hydrogen-bond acceptors (Lipinski definition) is 10. The molecule has 1 aliphatic rings. The molecule has 1 saturated carbocycles. The number of aromatic amines is 1. The van der Waals surface area contributed by atoms with Crippen LogP contribution in [-0.4, -0.2) is 88.8 Å². The molecule has 5 aromatic heterocycles. The van der Waals surface area contributed by atoms with Crippen LogP contribution in [0.15, 0.2) is 248 Å². The van der Waals surface area contributed by atoms with Crippen molar-refractivity contribution >= 4 is 99.7 Å². The molecule has 115 heavy (non-hydrogen) atoms. The smallest absolute Gasteiger partial charge is 0.416 e. The first-order chi connectivity index (χ1) is 54.6. The fourth-order valence-electron chi connectivity index (χ4n) is 12.9. The average molecular weight is 1640 g/mol. The third kappa shape index (κ3) is 22.4. The van der Waals surface area contributed by atoms with Crippen LogP contribution in [0.3, 0.4) is 0 Å². The molecular formula is C88H78BrF9N10O7. The van der Waals surface area contributed by atoms with E-state index in [2.05, 4.69) is 79.4 Å². The van der Waals surface area contributed by atoms with Crippen molar-refractivity contribution in [3.8, 4) is 22.7 Å². The molecule has 15 aromatic rings. The van der Waals surface area contributed by atoms with E-state index < -0.39 is 47.2 Å². The summed E-state index contributed by atoms with van der Waals surface area (Å²) in [6.45, 7) is 13.4. The number of Topliss-reactive ketones (excluding diaryl/α,β-unsaturated/α-hetero) is 3. The van der Waals surface area contributed by atoms with Crippen LogP contribution in [0.5, 0.6) is 0 Å². The van der Waals surface area contributed by atoms with Crippen LogP contribution in [0.2, 0.25) is 0 Å². The second kappa shape index (κ2) is 37.3. The van der Waals surface area contributed by atoms with Crippen molar-refractivity contribution in [3.63, 3.8) is 0 Å². The Morgan fingerprint density at radius 2 is 0.791 bits per heavy atom. The summed E-state index contributed by atoms with van der Waals surface area (Å²) in [6.07, 6.45) is 4.06. The van der Waals surface area contributed by atoms with Crippen molar-refractivity contribution in [1.29, 1.82) is 0 Å². The maximum Gasteiger partial charge on any atom is 0.416 e. The van der Waals surface area contributed by atoms with Gasteiger partial charge < -0.3 is 10.2 Å². The molecule has 3 N–H and O–H groups in total. The van der Waals surface area contributed by atoms with Gasteiger partial charge in [0.25, 0.3) is 0 Å². The lowest BCUT2D eigenvalue weighted by Gasteiger charge is -2.29. The Balaban J connectivity index is 0.000000144. The standard InChI is InChI=1S/C16H11F3N2O.C16H14N2O.C15H9F3N2O2.C15H12N2O2.C10H20.C9H8N2O.C7H4BrF3/c1-10(22)11-5-6-15-12(7-11)9-21(20-15)14-4-2-3-13(8-14)16(17,18)19;1-11-4-3-5-15(8-11)18-16-7-6-13(12(2)19)9-14(16)10-17-18;16-15(17,18)11-2-1-3-12(7-11)20-8-10-6-9(14(21)22)4-5-13(10)19-20;1-10-3-2-4-13(7-10)17-14-6-5-11(15(18)19)8-12(14)9-16-17;1-3-9-7-5-6-8-10(9)4-2;1-6(12)7-2-3-9-8(4-7)5-10-11-9;8-6-3-1-2-5(4-6)7(9,10)11/h2-9H,1H3;3-10H,1-2H3;1-8H,(H,21,22);2-9H,1H3,(H,18,19);9-10H,3-8H2,1-2H3;2-5H,1H3,(H,10,11);1-4H/t;;;;9-,10-;;/m....1../s1. The summed E-state index contributed by atoms with van der Waals surface area (Å²) in [6, 6.07) is 56.4. The average Bonchev–Trinajstić information content (AvgIpc) is 1.71. The van der Waals surface area contributed by atoms with Crippen LogP contribution in [0, 0.1) is 25.7 Å². The molecule has 1 aliphatic carbocycles. The van der Waals surface area contributed by atoms with Gasteiger partial charge in [-0.25, -0.2) is 28.3 Å². The molecule has 0 amide bonds. The first-order valence-corrected chi connectivity index (χ1v) is 37.1. The number of benzene rings is 10. The summed E-state index contributed by atoms with van der Waals surface area (Å²) in [5, 5.41) is 45.8. The van der Waals surface area contributed by atoms with Gasteiger partial charge in [-0.05, 0) is 227 Å². The zero-order valence-corrected chi connectivity index (χ0v) is 64.8. The van der Waals surface area contributed by atoms with Gasteiger partial charge in [0.1, 0.15) is 0 Å². The number of alkyl halides is 9. The van der Waals surface area contributed by atoms with E-state index in [1.165, 1.54) is 109 Å². The molecule has 27 heteroatoms. The fourth-order valence-corrected chi connectivity index (χ4v) is 13.3. The van der Waals surface area contributed by atoms with Gasteiger partial charge in [0, 0.05) is 60.5 Å². The number of rotatable bonds is 11. The Bertz CT molecular complexity index is 5690. The lowest BCUT2D eigenvalue weighted by Crippen LogP contribution is -2.17. The number of carbonyl (C=O) groups excluding carboxylic acids is 3. The van der Waals surface area contributed by atoms with Gasteiger partial charge in [0.15, 0.2) is 17.3 Å². The van der Waals surface area contributed by atoms with E-state index in [0.29, 0.717) is 37.5 Å². The molecule has 0 saturated heterocycles. The lowest BCUT2D eigenvalue weighted by molar-refractivity contribution is -0.138. The fraction of sp³-hybridized carbons (Fsp3) is 0.205. The number of halogens is 10. The summed E-state index contributed by atoms with van der Waals surface area (Å²) in [5.41, 5.74) is 9.13. The Morgan fingerprint density at radius 1 is 0.426 bits per heavy atom. The highest BCUT2D eigenvalue weighted by Gasteiger charge is 2.33. The monoisotopic (exact) mass is 1640 g/mol. The number of aryl methyl sites for hydroxylation is 2. The molecule has 592 valence electrons. The summed E-state index contributed by atoms with van der Waals surface area (Å²) in [4.78, 5) is 55.6. The van der Waals surface area contributed by atoms with Crippen LogP contribution in [0.1, 0.15) is 153 Å². The van der Waals surface area contributed by atoms with E-state index in [-0.39, 0.29) is 34.2 Å². The summed E-state index contributed by atoms with van der Waals surface area (Å²) in [5.74, 6) is 0.216. The van der Waals surface area contributed by atoms with Crippen LogP contribution in [0.4, 0.5) is 39.5 Å². The third-order valence-electron chi connectivity index (χ3n) is 18.9. The quantitative estimate of drug-likeness (QED) is 0.0812. The van der Waals surface area contributed by atoms with E-state index in [4.69, 9.17) is 10.2 Å². The number of aromatic carboxylic acids is 2. The minimum Gasteiger partial charge on any atom is -0.478 e. The molecule has 2 atom stereocenters. The van der Waals surface area contributed by atoms with Crippen molar-refractivity contribution in [1.82, 2.24) is 49.3 Å². The number of aromatic nitrogens is 10. The molecule has 10 aromatic carbocycles. The molecule has 0 unspecified atom stereocenters. The zero-order chi connectivity index (χ0) is 83.1. The normalized spacial score (nSPS) is 13.3. The van der Waals surface area contributed by atoms with Gasteiger partial charge in [-0.1, -0.05) is 111 Å². The van der Waals surface area contributed by atoms with Crippen molar-refractivity contribution in [2.45, 2.75) is 106 Å². The predicted molar refractivity (Wildman–Crippen MR) is 429 cm³/mol. The van der Waals surface area contributed by atoms with Crippen molar-refractivity contribution < 1.29 is 73.7 Å². The van der Waals surface area contributed by atoms with E-state index in [0.717, 1.165) is 109 Å². The minimum atomic E-state index is -4.43. The van der Waals surface area contributed by atoms with E-state index in [1.807, 2.05) is 83.0 Å². The second-order valence-corrected chi connectivity index (χ2v) is 28.1. The van der Waals surface area contributed by atoms with Gasteiger partial charge in [-0.3, -0.25) is 19.5 Å². The molecule has 0 radical (unpaired) electrons. The Labute approximate surface area is 662 Å². The zero-order valence-electron chi connectivity index (χ0n) is 63.2. The van der Waals surface area contributed by atoms with Gasteiger partial charge >= 0.3 is 30.5 Å². The van der Waals surface area contributed by atoms with E-state index >= 15 is 0 Å². The second-order valence-electron chi connectivity index (χ2n) is 27.2. The van der Waals surface area contributed by atoms with Gasteiger partial charge in [0.2, 0.25) is 0 Å². The molecule has 0 aliphatic heterocycles. The Hall–Kier alpha value is -12.7. The van der Waals surface area contributed by atoms with Crippen molar-refractivity contribution in [2.24, 2.45) is 11.8 Å². The summed E-state index contributed by atoms with van der Waals surface area (Å²) < 4.78 is 119. The topological polar surface area (TPSA) is 226 Å². The molecule has 0 spiro atoms. The first kappa shape index (κ1) is 84.8. The maximum atomic E-state index is 12.8. The van der Waals surface area contributed by atoms with Crippen LogP contribution >= 0.6 is 15.9 Å². The van der Waals surface area contributed by atoms with Crippen LogP contribution < -0.4 is 0 Å². The largest absolute Gasteiger partial charge is 0.478 e. The van der Waals surface area contributed by atoms with Crippen LogP contribution in [0.25, 0.3) is 77.3 Å². The number of ketones is 3. The summed E-state index contributed by atoms with van der Waals surface area (Å²) in [7, 11) is 0. The molecule has 17 nitrogen and oxygen atoms in total. The van der Waals surface area contributed by atoms with E-state index in [1.54, 1.807) is 93.2 Å². The molecule has 0 bridgehead atoms. The van der Waals surface area contributed by atoms with Crippen molar-refractivity contribution in [3.05, 3.63) is 303 Å². The predicted octanol–water partition coefficient (Wildman–Crippen LogP) is 23.4. The number of carbonyl (C=O) groups is 5. The van der Waals surface area contributed by atoms with Crippen LogP contribution in [-0.2, 0) is 18.5 Å². The SMILES string of the molecule is CC(=O)c1ccc2[nH]ncc2c1.CC(=O)c1ccc2c(cnn2-c2cccc(C)c2)c1.CC(=O)c1ccc2nn(-c3cccc(C(F)(F)F)c3)cc2c1.CC[C@@H]1CCCC[C@H]1CC.Cc1cccc(-n2ncc3cc(C(=O)O)ccc32)c1.FC(F)(F)c1cccc(Br)c1.O=C(O)c1ccc2nn(-c3cccc(C(F)(F)F)c3)cc2c1. The van der Waals surface area contributed by atoms with Gasteiger partial charge in [0.05, 0.1) is 96.7 Å². The first-order valence-electron chi connectivity index (χ1n) is 36.3. The van der Waals surface area contributed by atoms with E-state index in [9.17, 15) is 63.5 Å². The number of H-pyrrole nitrogens is 1.